The zero-order valence-corrected chi connectivity index (χ0v) is 7.49. The van der Waals surface area contributed by atoms with E-state index in [0.717, 1.165) is 25.0 Å². The molecule has 0 saturated carbocycles. The first-order valence-electron chi connectivity index (χ1n) is 4.57. The van der Waals surface area contributed by atoms with Gasteiger partial charge in [-0.3, -0.25) is 0 Å². The zero-order valence-electron chi connectivity index (χ0n) is 7.49. The molecule has 0 aliphatic rings. The summed E-state index contributed by atoms with van der Waals surface area (Å²) in [5.41, 5.74) is 7.77. The number of furan rings is 1. The predicted octanol–water partition coefficient (Wildman–Crippen LogP) is 2.32. The fourth-order valence-corrected chi connectivity index (χ4v) is 1.57. The lowest BCUT2D eigenvalue weighted by molar-refractivity contribution is 0.615. The normalized spacial score (nSPS) is 10.8. The first-order valence-corrected chi connectivity index (χ1v) is 4.57. The van der Waals surface area contributed by atoms with E-state index in [1.165, 1.54) is 10.9 Å². The molecule has 0 fully saturated rings. The average molecular weight is 175 g/mol. The number of rotatable bonds is 3. The number of aryl methyl sites for hydroxylation is 1. The molecule has 0 aliphatic carbocycles. The Labute approximate surface area is 77.3 Å². The molecular weight excluding hydrogens is 162 g/mol. The summed E-state index contributed by atoms with van der Waals surface area (Å²) in [6, 6.07) is 8.16. The lowest BCUT2D eigenvalue weighted by Crippen LogP contribution is -2.00. The molecule has 0 aliphatic heterocycles. The van der Waals surface area contributed by atoms with Gasteiger partial charge in [0.05, 0.1) is 6.26 Å². The summed E-state index contributed by atoms with van der Waals surface area (Å²) in [4.78, 5) is 0. The molecule has 1 aromatic heterocycles. The van der Waals surface area contributed by atoms with Gasteiger partial charge in [-0.15, -0.1) is 0 Å². The fourth-order valence-electron chi connectivity index (χ4n) is 1.57. The summed E-state index contributed by atoms with van der Waals surface area (Å²) in [6.45, 7) is 0.744. The highest BCUT2D eigenvalue weighted by Gasteiger charge is 2.01. The Morgan fingerprint density at radius 2 is 2.15 bits per heavy atom. The predicted molar refractivity (Wildman–Crippen MR) is 53.6 cm³/mol. The zero-order chi connectivity index (χ0) is 9.10. The van der Waals surface area contributed by atoms with Crippen molar-refractivity contribution in [2.24, 2.45) is 5.73 Å². The molecule has 1 aromatic carbocycles. The van der Waals surface area contributed by atoms with Crippen LogP contribution in [-0.2, 0) is 6.42 Å². The van der Waals surface area contributed by atoms with Crippen molar-refractivity contribution in [1.29, 1.82) is 0 Å². The maximum absolute atomic E-state index is 5.47. The third-order valence-corrected chi connectivity index (χ3v) is 2.24. The summed E-state index contributed by atoms with van der Waals surface area (Å²) >= 11 is 0. The summed E-state index contributed by atoms with van der Waals surface area (Å²) in [5.74, 6) is 0. The van der Waals surface area contributed by atoms with Crippen LogP contribution in [0.5, 0.6) is 0 Å². The van der Waals surface area contributed by atoms with Gasteiger partial charge in [0.15, 0.2) is 0 Å². The first-order chi connectivity index (χ1) is 6.42. The third-order valence-electron chi connectivity index (χ3n) is 2.24. The van der Waals surface area contributed by atoms with Gasteiger partial charge >= 0.3 is 0 Å². The van der Waals surface area contributed by atoms with Crippen LogP contribution in [0, 0.1) is 0 Å². The molecule has 0 atom stereocenters. The second kappa shape index (κ2) is 3.62. The van der Waals surface area contributed by atoms with Gasteiger partial charge in [-0.1, -0.05) is 12.1 Å². The van der Waals surface area contributed by atoms with E-state index in [0.29, 0.717) is 0 Å². The number of hydrogen-bond donors (Lipinski definition) is 1. The summed E-state index contributed by atoms with van der Waals surface area (Å²) in [6.07, 6.45) is 3.80. The SMILES string of the molecule is NCCCc1cccc2occc12. The summed E-state index contributed by atoms with van der Waals surface area (Å²) < 4.78 is 5.31. The maximum atomic E-state index is 5.47. The van der Waals surface area contributed by atoms with Crippen molar-refractivity contribution < 1.29 is 4.42 Å². The number of benzene rings is 1. The minimum atomic E-state index is 0.744. The van der Waals surface area contributed by atoms with Crippen LogP contribution in [0.2, 0.25) is 0 Å². The molecule has 0 bridgehead atoms. The van der Waals surface area contributed by atoms with Crippen LogP contribution in [-0.4, -0.2) is 6.54 Å². The van der Waals surface area contributed by atoms with Crippen LogP contribution < -0.4 is 5.73 Å². The molecule has 0 unspecified atom stereocenters. The highest BCUT2D eigenvalue weighted by atomic mass is 16.3. The van der Waals surface area contributed by atoms with Crippen molar-refractivity contribution in [3.05, 3.63) is 36.1 Å². The minimum absolute atomic E-state index is 0.744. The fraction of sp³-hybridized carbons (Fsp3) is 0.273. The van der Waals surface area contributed by atoms with Crippen LogP contribution in [0.4, 0.5) is 0 Å². The van der Waals surface area contributed by atoms with E-state index in [9.17, 15) is 0 Å². The standard InChI is InChI=1S/C11H13NO/c12-7-2-4-9-3-1-5-11-10(9)6-8-13-11/h1,3,5-6,8H,2,4,7,12H2. The molecule has 2 N–H and O–H groups in total. The van der Waals surface area contributed by atoms with E-state index < -0.39 is 0 Å². The van der Waals surface area contributed by atoms with Gasteiger partial charge in [-0.05, 0) is 37.1 Å². The molecule has 2 rings (SSSR count). The molecule has 0 radical (unpaired) electrons. The van der Waals surface area contributed by atoms with Crippen molar-refractivity contribution >= 4 is 11.0 Å². The second-order valence-corrected chi connectivity index (χ2v) is 3.14. The largest absolute Gasteiger partial charge is 0.464 e. The van der Waals surface area contributed by atoms with Gasteiger partial charge in [0, 0.05) is 5.39 Å². The van der Waals surface area contributed by atoms with Gasteiger partial charge in [-0.25, -0.2) is 0 Å². The lowest BCUT2D eigenvalue weighted by Gasteiger charge is -2.00. The smallest absolute Gasteiger partial charge is 0.134 e. The summed E-state index contributed by atoms with van der Waals surface area (Å²) in [5, 5.41) is 1.22. The quantitative estimate of drug-likeness (QED) is 0.777. The van der Waals surface area contributed by atoms with Crippen LogP contribution >= 0.6 is 0 Å². The monoisotopic (exact) mass is 175 g/mol. The molecule has 13 heavy (non-hydrogen) atoms. The Bertz CT molecular complexity index is 392. The van der Waals surface area contributed by atoms with E-state index in [1.54, 1.807) is 6.26 Å². The second-order valence-electron chi connectivity index (χ2n) is 3.14. The Morgan fingerprint density at radius 1 is 1.23 bits per heavy atom. The Kier molecular flexibility index (Phi) is 2.32. The van der Waals surface area contributed by atoms with Gasteiger partial charge in [0.25, 0.3) is 0 Å². The van der Waals surface area contributed by atoms with E-state index in [1.807, 2.05) is 18.2 Å². The Hall–Kier alpha value is -1.28. The molecule has 2 heteroatoms. The molecular formula is C11H13NO. The maximum Gasteiger partial charge on any atom is 0.134 e. The molecule has 1 heterocycles. The van der Waals surface area contributed by atoms with Crippen molar-refractivity contribution in [2.45, 2.75) is 12.8 Å². The van der Waals surface area contributed by atoms with Gasteiger partial charge < -0.3 is 10.2 Å². The van der Waals surface area contributed by atoms with Crippen molar-refractivity contribution in [2.75, 3.05) is 6.54 Å². The van der Waals surface area contributed by atoms with Gasteiger partial charge in [0.2, 0.25) is 0 Å². The minimum Gasteiger partial charge on any atom is -0.464 e. The molecule has 0 amide bonds. The number of fused-ring (bicyclic) bond motifs is 1. The Balaban J connectivity index is 2.37. The van der Waals surface area contributed by atoms with Gasteiger partial charge in [-0.2, -0.15) is 0 Å². The molecule has 2 nitrogen and oxygen atoms in total. The molecule has 0 spiro atoms. The third kappa shape index (κ3) is 1.58. The number of hydrogen-bond acceptors (Lipinski definition) is 2. The molecule has 68 valence electrons. The van der Waals surface area contributed by atoms with Crippen molar-refractivity contribution in [3.63, 3.8) is 0 Å². The van der Waals surface area contributed by atoms with E-state index >= 15 is 0 Å². The van der Waals surface area contributed by atoms with Crippen LogP contribution in [0.15, 0.2) is 34.9 Å². The van der Waals surface area contributed by atoms with E-state index in [4.69, 9.17) is 10.2 Å². The van der Waals surface area contributed by atoms with Crippen molar-refractivity contribution in [3.8, 4) is 0 Å². The molecule has 2 aromatic rings. The Morgan fingerprint density at radius 3 is 3.00 bits per heavy atom. The first kappa shape index (κ1) is 8.32. The van der Waals surface area contributed by atoms with Crippen LogP contribution in [0.1, 0.15) is 12.0 Å². The van der Waals surface area contributed by atoms with Gasteiger partial charge in [0.1, 0.15) is 5.58 Å². The molecule has 0 saturated heterocycles. The summed E-state index contributed by atoms with van der Waals surface area (Å²) in [7, 11) is 0. The van der Waals surface area contributed by atoms with E-state index in [-0.39, 0.29) is 0 Å². The average Bonchev–Trinajstić information content (AvgIpc) is 2.62. The lowest BCUT2D eigenvalue weighted by atomic mass is 10.1. The topological polar surface area (TPSA) is 39.2 Å². The van der Waals surface area contributed by atoms with Crippen LogP contribution in [0.3, 0.4) is 0 Å². The highest BCUT2D eigenvalue weighted by Crippen LogP contribution is 2.20. The van der Waals surface area contributed by atoms with Crippen LogP contribution in [0.25, 0.3) is 11.0 Å². The highest BCUT2D eigenvalue weighted by molar-refractivity contribution is 5.80. The van der Waals surface area contributed by atoms with E-state index in [2.05, 4.69) is 6.07 Å². The van der Waals surface area contributed by atoms with Crippen molar-refractivity contribution in [1.82, 2.24) is 0 Å². The number of nitrogens with two attached hydrogens (primary N) is 1.